The summed E-state index contributed by atoms with van der Waals surface area (Å²) in [4.78, 5) is 0. The zero-order chi connectivity index (χ0) is 15.3. The standard InChI is InChI=1S/C14H29N3O3S/c1-3-15-11-13-7-4-5-9-17(13)21(18,19)16(2)12-14-8-6-10-20-14/h13-15H,3-12H2,1-2H3. The average molecular weight is 319 g/mol. The molecule has 0 saturated carbocycles. The van der Waals surface area contributed by atoms with Crippen LogP contribution in [0.15, 0.2) is 0 Å². The second-order valence-electron chi connectivity index (χ2n) is 5.99. The third-order valence-corrected chi connectivity index (χ3v) is 6.39. The smallest absolute Gasteiger partial charge is 0.282 e. The number of nitrogens with zero attached hydrogens (tertiary/aromatic N) is 2. The lowest BCUT2D eigenvalue weighted by molar-refractivity contribution is 0.0953. The Bertz CT molecular complexity index is 410. The first-order valence-corrected chi connectivity index (χ1v) is 9.50. The number of hydrogen-bond donors (Lipinski definition) is 1. The molecule has 2 aliphatic heterocycles. The first kappa shape index (κ1) is 17.1. The van der Waals surface area contributed by atoms with Crippen molar-refractivity contribution in [3.8, 4) is 0 Å². The number of rotatable bonds is 7. The van der Waals surface area contributed by atoms with Gasteiger partial charge in [0.15, 0.2) is 0 Å². The highest BCUT2D eigenvalue weighted by atomic mass is 32.2. The van der Waals surface area contributed by atoms with Gasteiger partial charge in [-0.25, -0.2) is 0 Å². The van der Waals surface area contributed by atoms with Crippen molar-refractivity contribution < 1.29 is 13.2 Å². The number of likely N-dealkylation sites (N-methyl/N-ethyl adjacent to an activating group) is 2. The molecule has 0 aromatic heterocycles. The molecule has 2 rings (SSSR count). The van der Waals surface area contributed by atoms with Crippen LogP contribution in [-0.2, 0) is 14.9 Å². The fraction of sp³-hybridized carbons (Fsp3) is 1.00. The van der Waals surface area contributed by atoms with Crippen LogP contribution in [-0.4, -0.2) is 69.0 Å². The highest BCUT2D eigenvalue weighted by molar-refractivity contribution is 7.86. The van der Waals surface area contributed by atoms with Crippen LogP contribution in [0.25, 0.3) is 0 Å². The van der Waals surface area contributed by atoms with Crippen molar-refractivity contribution in [2.45, 2.75) is 51.2 Å². The lowest BCUT2D eigenvalue weighted by Gasteiger charge is -2.37. The Morgan fingerprint density at radius 2 is 2.10 bits per heavy atom. The Morgan fingerprint density at radius 3 is 2.76 bits per heavy atom. The largest absolute Gasteiger partial charge is 0.377 e. The van der Waals surface area contributed by atoms with Crippen LogP contribution < -0.4 is 5.32 Å². The van der Waals surface area contributed by atoms with Gasteiger partial charge in [-0.05, 0) is 32.2 Å². The number of nitrogens with one attached hydrogen (secondary N) is 1. The van der Waals surface area contributed by atoms with Gasteiger partial charge in [-0.15, -0.1) is 0 Å². The van der Waals surface area contributed by atoms with E-state index in [2.05, 4.69) is 5.32 Å². The van der Waals surface area contributed by atoms with E-state index in [9.17, 15) is 8.42 Å². The third-order valence-electron chi connectivity index (χ3n) is 4.38. The van der Waals surface area contributed by atoms with Crippen molar-refractivity contribution in [2.75, 3.05) is 39.8 Å². The fourth-order valence-electron chi connectivity index (χ4n) is 3.14. The summed E-state index contributed by atoms with van der Waals surface area (Å²) in [5, 5.41) is 3.28. The van der Waals surface area contributed by atoms with E-state index in [1.165, 1.54) is 4.31 Å². The Hall–Kier alpha value is -0.210. The first-order chi connectivity index (χ1) is 10.1. The minimum absolute atomic E-state index is 0.0572. The monoisotopic (exact) mass is 319 g/mol. The van der Waals surface area contributed by atoms with Gasteiger partial charge < -0.3 is 10.1 Å². The van der Waals surface area contributed by atoms with Crippen LogP contribution in [0.1, 0.15) is 39.0 Å². The minimum Gasteiger partial charge on any atom is -0.377 e. The summed E-state index contributed by atoms with van der Waals surface area (Å²) in [6, 6.07) is 0.0793. The van der Waals surface area contributed by atoms with Crippen LogP contribution in [0.5, 0.6) is 0 Å². The van der Waals surface area contributed by atoms with Crippen molar-refractivity contribution in [1.29, 1.82) is 0 Å². The third kappa shape index (κ3) is 4.39. The van der Waals surface area contributed by atoms with E-state index in [1.807, 2.05) is 6.92 Å². The zero-order valence-electron chi connectivity index (χ0n) is 13.3. The first-order valence-electron chi connectivity index (χ1n) is 8.11. The Balaban J connectivity index is 2.00. The van der Waals surface area contributed by atoms with E-state index in [-0.39, 0.29) is 12.1 Å². The van der Waals surface area contributed by atoms with E-state index < -0.39 is 10.2 Å². The summed E-state index contributed by atoms with van der Waals surface area (Å²) in [7, 11) is -1.71. The summed E-state index contributed by atoms with van der Waals surface area (Å²) in [6.45, 7) is 5.51. The lowest BCUT2D eigenvalue weighted by Crippen LogP contribution is -2.53. The Labute approximate surface area is 129 Å². The SMILES string of the molecule is CCNCC1CCCCN1S(=O)(=O)N(C)CC1CCCO1. The minimum atomic E-state index is -3.38. The Morgan fingerprint density at radius 1 is 1.29 bits per heavy atom. The summed E-state index contributed by atoms with van der Waals surface area (Å²) < 4.78 is 34.4. The van der Waals surface area contributed by atoms with Crippen molar-refractivity contribution in [1.82, 2.24) is 13.9 Å². The molecule has 1 N–H and O–H groups in total. The predicted molar refractivity (Wildman–Crippen MR) is 83.4 cm³/mol. The molecular weight excluding hydrogens is 290 g/mol. The summed E-state index contributed by atoms with van der Waals surface area (Å²) in [5.41, 5.74) is 0. The van der Waals surface area contributed by atoms with Gasteiger partial charge in [-0.2, -0.15) is 17.0 Å². The molecule has 2 heterocycles. The molecule has 2 saturated heterocycles. The van der Waals surface area contributed by atoms with Gasteiger partial charge in [0.2, 0.25) is 0 Å². The molecule has 21 heavy (non-hydrogen) atoms. The predicted octanol–water partition coefficient (Wildman–Crippen LogP) is 0.806. The molecule has 6 nitrogen and oxygen atoms in total. The molecule has 0 bridgehead atoms. The topological polar surface area (TPSA) is 61.9 Å². The summed E-state index contributed by atoms with van der Waals surface area (Å²) >= 11 is 0. The molecular formula is C14H29N3O3S. The van der Waals surface area contributed by atoms with E-state index in [0.29, 0.717) is 13.1 Å². The summed E-state index contributed by atoms with van der Waals surface area (Å²) in [5.74, 6) is 0. The quantitative estimate of drug-likeness (QED) is 0.754. The van der Waals surface area contributed by atoms with Crippen LogP contribution in [0.4, 0.5) is 0 Å². The lowest BCUT2D eigenvalue weighted by atomic mass is 10.1. The van der Waals surface area contributed by atoms with Gasteiger partial charge in [0.25, 0.3) is 10.2 Å². The van der Waals surface area contributed by atoms with Gasteiger partial charge in [-0.1, -0.05) is 13.3 Å². The zero-order valence-corrected chi connectivity index (χ0v) is 14.1. The van der Waals surface area contributed by atoms with Crippen LogP contribution in [0.3, 0.4) is 0 Å². The number of ether oxygens (including phenoxy) is 1. The van der Waals surface area contributed by atoms with Crippen molar-refractivity contribution in [3.63, 3.8) is 0 Å². The van der Waals surface area contributed by atoms with E-state index in [1.54, 1.807) is 11.4 Å². The normalized spacial score (nSPS) is 28.3. The molecule has 0 radical (unpaired) electrons. The van der Waals surface area contributed by atoms with E-state index in [4.69, 9.17) is 4.74 Å². The second kappa shape index (κ2) is 7.87. The molecule has 7 heteroatoms. The molecule has 2 atom stereocenters. The average Bonchev–Trinajstić information content (AvgIpc) is 2.98. The fourth-order valence-corrected chi connectivity index (χ4v) is 4.77. The highest BCUT2D eigenvalue weighted by Crippen LogP contribution is 2.23. The maximum atomic E-state index is 12.8. The van der Waals surface area contributed by atoms with E-state index >= 15 is 0 Å². The molecule has 0 aromatic rings. The molecule has 2 aliphatic rings. The summed E-state index contributed by atoms with van der Waals surface area (Å²) in [6.07, 6.45) is 5.06. The Kier molecular flexibility index (Phi) is 6.43. The number of hydrogen-bond acceptors (Lipinski definition) is 4. The molecule has 0 aromatic carbocycles. The van der Waals surface area contributed by atoms with Crippen molar-refractivity contribution >= 4 is 10.2 Å². The van der Waals surface area contributed by atoms with E-state index in [0.717, 1.165) is 51.8 Å². The van der Waals surface area contributed by atoms with Gasteiger partial charge in [0, 0.05) is 39.3 Å². The second-order valence-corrected chi connectivity index (χ2v) is 7.98. The maximum Gasteiger partial charge on any atom is 0.282 e. The van der Waals surface area contributed by atoms with Gasteiger partial charge in [0.1, 0.15) is 0 Å². The van der Waals surface area contributed by atoms with Gasteiger partial charge in [0.05, 0.1) is 6.10 Å². The molecule has 2 fully saturated rings. The molecule has 0 spiro atoms. The van der Waals surface area contributed by atoms with Crippen LogP contribution >= 0.6 is 0 Å². The number of piperidine rings is 1. The van der Waals surface area contributed by atoms with Crippen molar-refractivity contribution in [3.05, 3.63) is 0 Å². The van der Waals surface area contributed by atoms with Crippen molar-refractivity contribution in [2.24, 2.45) is 0 Å². The molecule has 2 unspecified atom stereocenters. The molecule has 124 valence electrons. The van der Waals surface area contributed by atoms with Crippen LogP contribution in [0.2, 0.25) is 0 Å². The molecule has 0 amide bonds. The van der Waals surface area contributed by atoms with Gasteiger partial charge >= 0.3 is 0 Å². The highest BCUT2D eigenvalue weighted by Gasteiger charge is 2.35. The van der Waals surface area contributed by atoms with Crippen LogP contribution in [0, 0.1) is 0 Å². The van der Waals surface area contributed by atoms with Gasteiger partial charge in [-0.3, -0.25) is 0 Å². The maximum absolute atomic E-state index is 12.8. The molecule has 0 aliphatic carbocycles.